The quantitative estimate of drug-likeness (QED) is 0.492. The molecule has 0 saturated carbocycles. The third kappa shape index (κ3) is 5.44. The number of aliphatic hydroxyl groups excluding tert-OH is 1. The molecule has 0 bridgehead atoms. The third-order valence-corrected chi connectivity index (χ3v) is 6.30. The summed E-state index contributed by atoms with van der Waals surface area (Å²) in [4.78, 5) is 0. The van der Waals surface area contributed by atoms with E-state index in [0.29, 0.717) is 26.2 Å². The first-order valence-electron chi connectivity index (χ1n) is 6.19. The van der Waals surface area contributed by atoms with Gasteiger partial charge in [0.2, 0.25) is 0 Å². The van der Waals surface area contributed by atoms with Crippen molar-refractivity contribution in [3.8, 4) is 0 Å². The molecule has 1 N–H and O–H groups in total. The summed E-state index contributed by atoms with van der Waals surface area (Å²) in [5.41, 5.74) is 0.0276. The Hall–Kier alpha value is -0.0131. The Morgan fingerprint density at radius 2 is 1.47 bits per heavy atom. The second kappa shape index (κ2) is 8.99. The second-order valence-corrected chi connectivity index (χ2v) is 6.97. The van der Waals surface area contributed by atoms with Crippen molar-refractivity contribution in [1.29, 1.82) is 0 Å². The van der Waals surface area contributed by atoms with E-state index in [2.05, 4.69) is 0 Å². The highest BCUT2D eigenvalue weighted by atomic mass is 32.1. The van der Waals surface area contributed by atoms with Gasteiger partial charge in [-0.1, -0.05) is 6.92 Å². The van der Waals surface area contributed by atoms with Gasteiger partial charge in [-0.05, 0) is 39.4 Å². The molecule has 0 aromatic heterocycles. The Kier molecular flexibility index (Phi) is 8.98. The van der Waals surface area contributed by atoms with Gasteiger partial charge in [0, 0.05) is 31.8 Å². The van der Waals surface area contributed by atoms with Gasteiger partial charge in [0.1, 0.15) is 0 Å². The Balaban J connectivity index is 4.96. The van der Waals surface area contributed by atoms with Gasteiger partial charge < -0.3 is 18.4 Å². The van der Waals surface area contributed by atoms with Gasteiger partial charge in [-0.3, -0.25) is 0 Å². The molecule has 0 aliphatic carbocycles. The summed E-state index contributed by atoms with van der Waals surface area (Å²) in [7, 11) is -2.74. The molecule has 17 heavy (non-hydrogen) atoms. The van der Waals surface area contributed by atoms with Crippen LogP contribution in [-0.4, -0.2) is 38.8 Å². The zero-order chi connectivity index (χ0) is 13.3. The highest BCUT2D eigenvalue weighted by Gasteiger charge is 2.48. The van der Waals surface area contributed by atoms with Crippen LogP contribution in [0.25, 0.3) is 0 Å². The van der Waals surface area contributed by atoms with Gasteiger partial charge in [-0.2, -0.15) is 0 Å². The molecule has 0 radical (unpaired) electrons. The molecule has 0 aliphatic rings. The van der Waals surface area contributed by atoms with E-state index in [-0.39, 0.29) is 10.6 Å². The molecule has 102 valence electrons. The van der Waals surface area contributed by atoms with Crippen molar-refractivity contribution in [3.63, 3.8) is 0 Å². The Morgan fingerprint density at radius 1 is 1.06 bits per heavy atom. The highest BCUT2D eigenvalue weighted by Crippen LogP contribution is 2.32. The summed E-state index contributed by atoms with van der Waals surface area (Å²) in [5.74, 6) is 0. The molecule has 0 heterocycles. The predicted molar refractivity (Wildman–Crippen MR) is 74.5 cm³/mol. The lowest BCUT2D eigenvalue weighted by atomic mass is 10.2. The summed E-state index contributed by atoms with van der Waals surface area (Å²) < 4.78 is 17.4. The van der Waals surface area contributed by atoms with Gasteiger partial charge >= 0.3 is 8.80 Å². The van der Waals surface area contributed by atoms with Crippen LogP contribution in [-0.2, 0) is 13.3 Å². The molecule has 0 fully saturated rings. The lowest BCUT2D eigenvalue weighted by Gasteiger charge is -2.34. The minimum atomic E-state index is -2.74. The van der Waals surface area contributed by atoms with E-state index in [1.54, 1.807) is 0 Å². The molecular formula is C11H24O4SSi. The fourth-order valence-electron chi connectivity index (χ4n) is 1.81. The third-order valence-electron chi connectivity index (χ3n) is 2.45. The van der Waals surface area contributed by atoms with Gasteiger partial charge in [-0.25, -0.2) is 0 Å². The minimum Gasteiger partial charge on any atom is -0.502 e. The van der Waals surface area contributed by atoms with Crippen molar-refractivity contribution < 1.29 is 18.4 Å². The SMILES string of the molecule is CCO[Si](OCC)(OCC)C(CC)CC(O)=S. The van der Waals surface area contributed by atoms with Crippen LogP contribution in [0.2, 0.25) is 5.54 Å². The normalized spacial score (nSPS) is 13.6. The fourth-order valence-corrected chi connectivity index (χ4v) is 5.27. The summed E-state index contributed by atoms with van der Waals surface area (Å²) in [5, 5.41) is 9.30. The molecule has 0 amide bonds. The van der Waals surface area contributed by atoms with E-state index < -0.39 is 8.80 Å². The van der Waals surface area contributed by atoms with Crippen LogP contribution in [0.4, 0.5) is 0 Å². The van der Waals surface area contributed by atoms with Crippen LogP contribution in [0.1, 0.15) is 40.5 Å². The standard InChI is InChI=1S/C11H24O4SSi/c1-5-10(9-11(12)16)17(13-6-2,14-7-3)15-8-4/h10H,5-9H2,1-4H3,(H,12,16). The molecule has 0 aliphatic heterocycles. The molecule has 1 atom stereocenters. The summed E-state index contributed by atoms with van der Waals surface area (Å²) in [6.07, 6.45) is 1.21. The lowest BCUT2D eigenvalue weighted by Crippen LogP contribution is -2.50. The van der Waals surface area contributed by atoms with Crippen molar-refractivity contribution in [2.75, 3.05) is 19.8 Å². The largest absolute Gasteiger partial charge is 0.504 e. The monoisotopic (exact) mass is 280 g/mol. The molecule has 6 heteroatoms. The van der Waals surface area contributed by atoms with Crippen molar-refractivity contribution in [2.45, 2.75) is 46.1 Å². The molecule has 0 saturated heterocycles. The molecule has 0 spiro atoms. The van der Waals surface area contributed by atoms with Crippen LogP contribution in [0, 0.1) is 0 Å². The highest BCUT2D eigenvalue weighted by molar-refractivity contribution is 7.80. The van der Waals surface area contributed by atoms with Crippen LogP contribution in [0.3, 0.4) is 0 Å². The van der Waals surface area contributed by atoms with Crippen molar-refractivity contribution in [1.82, 2.24) is 0 Å². The van der Waals surface area contributed by atoms with Crippen LogP contribution < -0.4 is 0 Å². The number of hydrogen-bond donors (Lipinski definition) is 1. The Bertz CT molecular complexity index is 208. The topological polar surface area (TPSA) is 47.9 Å². The first-order chi connectivity index (χ1) is 8.06. The van der Waals surface area contributed by atoms with Gasteiger partial charge in [0.25, 0.3) is 0 Å². The van der Waals surface area contributed by atoms with Crippen LogP contribution in [0.5, 0.6) is 0 Å². The smallest absolute Gasteiger partial charge is 0.502 e. The maximum Gasteiger partial charge on any atom is 0.504 e. The van der Waals surface area contributed by atoms with Crippen molar-refractivity contribution in [2.24, 2.45) is 0 Å². The maximum absolute atomic E-state index is 9.31. The molecule has 0 aromatic rings. The van der Waals surface area contributed by atoms with Crippen molar-refractivity contribution >= 4 is 26.1 Å². The summed E-state index contributed by atoms with van der Waals surface area (Å²) in [6, 6.07) is 0. The molecular weight excluding hydrogens is 256 g/mol. The maximum atomic E-state index is 9.31. The van der Waals surface area contributed by atoms with Gasteiger partial charge in [-0.15, -0.1) is 0 Å². The average Bonchev–Trinajstić information content (AvgIpc) is 2.26. The minimum absolute atomic E-state index is 0.00664. The molecule has 0 rings (SSSR count). The zero-order valence-corrected chi connectivity index (χ0v) is 13.0. The molecule has 4 nitrogen and oxygen atoms in total. The summed E-state index contributed by atoms with van der Waals surface area (Å²) >= 11 is 4.77. The Labute approximate surface area is 111 Å². The summed E-state index contributed by atoms with van der Waals surface area (Å²) in [6.45, 7) is 9.42. The molecule has 0 aromatic carbocycles. The second-order valence-electron chi connectivity index (χ2n) is 3.61. The van der Waals surface area contributed by atoms with E-state index in [0.717, 1.165) is 6.42 Å². The first kappa shape index (κ1) is 17.0. The van der Waals surface area contributed by atoms with Crippen molar-refractivity contribution in [3.05, 3.63) is 0 Å². The van der Waals surface area contributed by atoms with E-state index in [1.807, 2.05) is 27.7 Å². The van der Waals surface area contributed by atoms with Crippen LogP contribution in [0.15, 0.2) is 0 Å². The first-order valence-corrected chi connectivity index (χ1v) is 8.40. The number of thiocarbonyl (C=S) groups is 1. The Morgan fingerprint density at radius 3 is 1.71 bits per heavy atom. The van der Waals surface area contributed by atoms with Crippen LogP contribution >= 0.6 is 12.2 Å². The van der Waals surface area contributed by atoms with Gasteiger partial charge in [0.15, 0.2) is 5.05 Å². The fraction of sp³-hybridized carbons (Fsp3) is 0.909. The predicted octanol–water partition coefficient (Wildman–Crippen LogP) is 3.09. The van der Waals surface area contributed by atoms with E-state index in [9.17, 15) is 5.11 Å². The number of rotatable bonds is 10. The number of hydrogen-bond acceptors (Lipinski definition) is 4. The van der Waals surface area contributed by atoms with E-state index >= 15 is 0 Å². The number of aliphatic hydroxyl groups is 1. The average molecular weight is 280 g/mol. The van der Waals surface area contributed by atoms with E-state index in [1.165, 1.54) is 0 Å². The van der Waals surface area contributed by atoms with Gasteiger partial charge in [0.05, 0.1) is 0 Å². The van der Waals surface area contributed by atoms with E-state index in [4.69, 9.17) is 25.5 Å². The zero-order valence-electron chi connectivity index (χ0n) is 11.2. The molecule has 1 unspecified atom stereocenters. The lowest BCUT2D eigenvalue weighted by molar-refractivity contribution is 0.0605.